The standard InChI is InChI=1S/C14H20O4.C3H2O/c1-10-8-12(14(15)16)9-11(2)13(10)18-7-5-4-6-17-3;1-2-3-4/h8-9H,4-7H2,1-3H3,(H,15,16);1,3H. The number of carbonyl (C=O) groups excluding carboxylic acids is 1. The van der Waals surface area contributed by atoms with Crippen molar-refractivity contribution in [3.05, 3.63) is 28.8 Å². The normalized spacial score (nSPS) is 9.18. The van der Waals surface area contributed by atoms with Gasteiger partial charge in [0.2, 0.25) is 0 Å². The molecule has 0 aromatic heterocycles. The number of terminal acetylenes is 1. The maximum atomic E-state index is 10.9. The first-order valence-corrected chi connectivity index (χ1v) is 6.84. The summed E-state index contributed by atoms with van der Waals surface area (Å²) in [6, 6.07) is 3.28. The van der Waals surface area contributed by atoms with Crippen molar-refractivity contribution in [1.82, 2.24) is 0 Å². The van der Waals surface area contributed by atoms with E-state index in [-0.39, 0.29) is 0 Å². The number of carboxylic acids is 1. The van der Waals surface area contributed by atoms with Crippen molar-refractivity contribution in [1.29, 1.82) is 0 Å². The minimum Gasteiger partial charge on any atom is -0.493 e. The van der Waals surface area contributed by atoms with E-state index >= 15 is 0 Å². The molecule has 0 aliphatic carbocycles. The zero-order valence-electron chi connectivity index (χ0n) is 13.2. The Morgan fingerprint density at radius 2 is 1.77 bits per heavy atom. The number of rotatable bonds is 7. The highest BCUT2D eigenvalue weighted by atomic mass is 16.5. The van der Waals surface area contributed by atoms with Crippen LogP contribution in [0, 0.1) is 26.2 Å². The van der Waals surface area contributed by atoms with Crippen LogP contribution in [0.4, 0.5) is 0 Å². The Morgan fingerprint density at radius 3 is 2.18 bits per heavy atom. The Bertz CT molecular complexity index is 505. The number of aldehydes is 1. The molecule has 1 aromatic rings. The van der Waals surface area contributed by atoms with Gasteiger partial charge in [0.15, 0.2) is 6.29 Å². The highest BCUT2D eigenvalue weighted by Crippen LogP contribution is 2.25. The minimum absolute atomic E-state index is 0.303. The third-order valence-corrected chi connectivity index (χ3v) is 2.76. The number of methoxy groups -OCH3 is 1. The lowest BCUT2D eigenvalue weighted by molar-refractivity contribution is -0.103. The second kappa shape index (κ2) is 11.4. The van der Waals surface area contributed by atoms with Gasteiger partial charge in [-0.1, -0.05) is 0 Å². The third-order valence-electron chi connectivity index (χ3n) is 2.76. The van der Waals surface area contributed by atoms with E-state index in [1.54, 1.807) is 25.2 Å². The number of aromatic carboxylic acids is 1. The molecule has 0 amide bonds. The smallest absolute Gasteiger partial charge is 0.335 e. The summed E-state index contributed by atoms with van der Waals surface area (Å²) in [4.78, 5) is 19.8. The van der Waals surface area contributed by atoms with Gasteiger partial charge < -0.3 is 14.6 Å². The maximum absolute atomic E-state index is 10.9. The van der Waals surface area contributed by atoms with Crippen LogP contribution in [-0.4, -0.2) is 37.7 Å². The van der Waals surface area contributed by atoms with E-state index in [1.807, 2.05) is 13.8 Å². The summed E-state index contributed by atoms with van der Waals surface area (Å²) in [5, 5.41) is 8.94. The molecule has 0 fully saturated rings. The molecule has 1 aromatic carbocycles. The first-order chi connectivity index (χ1) is 10.5. The fourth-order valence-corrected chi connectivity index (χ4v) is 1.82. The number of carbonyl (C=O) groups is 2. The van der Waals surface area contributed by atoms with Crippen LogP contribution in [0.25, 0.3) is 0 Å². The predicted octanol–water partition coefficient (Wildman–Crippen LogP) is 2.63. The van der Waals surface area contributed by atoms with E-state index in [0.29, 0.717) is 18.5 Å². The van der Waals surface area contributed by atoms with Crippen LogP contribution < -0.4 is 4.74 Å². The average Bonchev–Trinajstić information content (AvgIpc) is 2.49. The summed E-state index contributed by atoms with van der Waals surface area (Å²) in [5.41, 5.74) is 2.02. The highest BCUT2D eigenvalue weighted by Gasteiger charge is 2.10. The second-order valence-electron chi connectivity index (χ2n) is 4.58. The number of aryl methyl sites for hydroxylation is 2. The summed E-state index contributed by atoms with van der Waals surface area (Å²) in [5.74, 6) is 1.63. The van der Waals surface area contributed by atoms with Gasteiger partial charge in [-0.25, -0.2) is 4.79 Å². The summed E-state index contributed by atoms with van der Waals surface area (Å²) >= 11 is 0. The molecular weight excluding hydrogens is 284 g/mol. The first-order valence-electron chi connectivity index (χ1n) is 6.84. The molecule has 1 N–H and O–H groups in total. The van der Waals surface area contributed by atoms with Crippen molar-refractivity contribution in [2.24, 2.45) is 0 Å². The Balaban J connectivity index is 0.000000980. The Kier molecular flexibility index (Phi) is 10.2. The molecular formula is C17H22O5. The van der Waals surface area contributed by atoms with Crippen molar-refractivity contribution in [2.75, 3.05) is 20.3 Å². The van der Waals surface area contributed by atoms with Gasteiger partial charge in [-0.05, 0) is 55.9 Å². The summed E-state index contributed by atoms with van der Waals surface area (Å²) in [6.45, 7) is 5.09. The Hall–Kier alpha value is -2.32. The van der Waals surface area contributed by atoms with Crippen LogP contribution >= 0.6 is 0 Å². The van der Waals surface area contributed by atoms with Crippen molar-refractivity contribution in [3.8, 4) is 18.1 Å². The molecule has 0 aliphatic rings. The number of ether oxygens (including phenoxy) is 2. The van der Waals surface area contributed by atoms with Crippen LogP contribution in [0.1, 0.15) is 34.3 Å². The van der Waals surface area contributed by atoms with Crippen LogP contribution in [0.3, 0.4) is 0 Å². The fourth-order valence-electron chi connectivity index (χ4n) is 1.82. The third kappa shape index (κ3) is 7.46. The molecule has 120 valence electrons. The van der Waals surface area contributed by atoms with Gasteiger partial charge in [-0.2, -0.15) is 0 Å². The lowest BCUT2D eigenvalue weighted by Crippen LogP contribution is -2.04. The van der Waals surface area contributed by atoms with Gasteiger partial charge in [0.05, 0.1) is 12.2 Å². The zero-order valence-corrected chi connectivity index (χ0v) is 13.2. The quantitative estimate of drug-likeness (QED) is 0.476. The molecule has 0 saturated carbocycles. The molecule has 0 saturated heterocycles. The molecule has 5 nitrogen and oxygen atoms in total. The van der Waals surface area contributed by atoms with Gasteiger partial charge in [0.1, 0.15) is 5.75 Å². The molecule has 1 rings (SSSR count). The first kappa shape index (κ1) is 19.7. The molecule has 0 heterocycles. The van der Waals surface area contributed by atoms with Crippen molar-refractivity contribution in [2.45, 2.75) is 26.7 Å². The second-order valence-corrected chi connectivity index (χ2v) is 4.58. The topological polar surface area (TPSA) is 72.8 Å². The van der Waals surface area contributed by atoms with E-state index in [2.05, 4.69) is 6.42 Å². The largest absolute Gasteiger partial charge is 0.493 e. The number of hydrogen-bond donors (Lipinski definition) is 1. The molecule has 22 heavy (non-hydrogen) atoms. The lowest BCUT2D eigenvalue weighted by Gasteiger charge is -2.13. The van der Waals surface area contributed by atoms with E-state index < -0.39 is 5.97 Å². The molecule has 0 aliphatic heterocycles. The monoisotopic (exact) mass is 306 g/mol. The van der Waals surface area contributed by atoms with Crippen LogP contribution in [0.5, 0.6) is 5.75 Å². The Morgan fingerprint density at radius 1 is 1.27 bits per heavy atom. The van der Waals surface area contributed by atoms with Crippen molar-refractivity contribution in [3.63, 3.8) is 0 Å². The van der Waals surface area contributed by atoms with Crippen molar-refractivity contribution >= 4 is 12.3 Å². The van der Waals surface area contributed by atoms with Gasteiger partial charge in [0.25, 0.3) is 0 Å². The van der Waals surface area contributed by atoms with Crippen LogP contribution in [0.15, 0.2) is 12.1 Å². The van der Waals surface area contributed by atoms with E-state index in [1.165, 1.54) is 0 Å². The maximum Gasteiger partial charge on any atom is 0.335 e. The van der Waals surface area contributed by atoms with E-state index in [4.69, 9.17) is 19.4 Å². The lowest BCUT2D eigenvalue weighted by atomic mass is 10.1. The SMILES string of the molecule is C#CC=O.COCCCCOc1c(C)cc(C(=O)O)cc1C. The summed E-state index contributed by atoms with van der Waals surface area (Å²) < 4.78 is 10.7. The summed E-state index contributed by atoms with van der Waals surface area (Å²) in [7, 11) is 1.68. The summed E-state index contributed by atoms with van der Waals surface area (Å²) in [6.07, 6.45) is 6.70. The van der Waals surface area contributed by atoms with Gasteiger partial charge >= 0.3 is 5.97 Å². The number of benzene rings is 1. The molecule has 0 bridgehead atoms. The molecule has 0 spiro atoms. The highest BCUT2D eigenvalue weighted by molar-refractivity contribution is 5.88. The zero-order chi connectivity index (χ0) is 17.0. The van der Waals surface area contributed by atoms with Crippen molar-refractivity contribution < 1.29 is 24.2 Å². The van der Waals surface area contributed by atoms with Gasteiger partial charge in [-0.15, -0.1) is 6.42 Å². The molecule has 0 radical (unpaired) electrons. The van der Waals surface area contributed by atoms with E-state index in [9.17, 15) is 4.79 Å². The number of carboxylic acid groups (broad SMARTS) is 1. The van der Waals surface area contributed by atoms with Gasteiger partial charge in [0, 0.05) is 13.7 Å². The molecule has 0 unspecified atom stereocenters. The van der Waals surface area contributed by atoms with Crippen LogP contribution in [-0.2, 0) is 9.53 Å². The Labute approximate surface area is 131 Å². The van der Waals surface area contributed by atoms with E-state index in [0.717, 1.165) is 36.3 Å². The average molecular weight is 306 g/mol. The van der Waals surface area contributed by atoms with Crippen LogP contribution in [0.2, 0.25) is 0 Å². The van der Waals surface area contributed by atoms with Gasteiger partial charge in [-0.3, -0.25) is 4.79 Å². The number of unbranched alkanes of at least 4 members (excludes halogenated alkanes) is 1. The minimum atomic E-state index is -0.909. The fraction of sp³-hybridized carbons (Fsp3) is 0.412. The molecule has 0 atom stereocenters. The number of hydrogen-bond acceptors (Lipinski definition) is 4. The molecule has 5 heteroatoms. The predicted molar refractivity (Wildman–Crippen MR) is 84.4 cm³/mol.